The number of hydrogen-bond donors (Lipinski definition) is 2. The van der Waals surface area contributed by atoms with E-state index in [1.807, 2.05) is 24.3 Å². The molecule has 0 spiro atoms. The Bertz CT molecular complexity index is 1150. The van der Waals surface area contributed by atoms with Gasteiger partial charge in [0.15, 0.2) is 0 Å². The molecule has 1 heterocycles. The summed E-state index contributed by atoms with van der Waals surface area (Å²) in [5, 5.41) is 25.2. The molecule has 0 saturated heterocycles. The molecule has 0 fully saturated rings. The van der Waals surface area contributed by atoms with Crippen molar-refractivity contribution in [3.8, 4) is 39.7 Å². The highest BCUT2D eigenvalue weighted by Gasteiger charge is 2.23. The molecule has 0 unspecified atom stereocenters. The maximum Gasteiger partial charge on any atom is 0.115 e. The molecule has 0 bridgehead atoms. The minimum atomic E-state index is 0.187. The second-order valence-electron chi connectivity index (χ2n) is 6.61. The second kappa shape index (κ2) is 7.82. The lowest BCUT2D eigenvalue weighted by Crippen LogP contribution is -2.02. The predicted molar refractivity (Wildman–Crippen MR) is 117 cm³/mol. The maximum absolute atomic E-state index is 9.73. The molecule has 3 aromatic carbocycles. The van der Waals surface area contributed by atoms with Gasteiger partial charge in [0.05, 0.1) is 21.4 Å². The van der Waals surface area contributed by atoms with Gasteiger partial charge in [0.2, 0.25) is 0 Å². The highest BCUT2D eigenvalue weighted by molar-refractivity contribution is 6.37. The van der Waals surface area contributed by atoms with E-state index in [1.54, 1.807) is 47.1 Å². The lowest BCUT2D eigenvalue weighted by molar-refractivity contribution is 0.475. The first-order valence-electron chi connectivity index (χ1n) is 9.14. The number of phenolic OH excluding ortho intramolecular Hbond substituents is 2. The van der Waals surface area contributed by atoms with E-state index in [1.165, 1.54) is 0 Å². The summed E-state index contributed by atoms with van der Waals surface area (Å²) in [6, 6.07) is 19.2. The Morgan fingerprint density at radius 3 is 1.83 bits per heavy atom. The lowest BCUT2D eigenvalue weighted by Gasteiger charge is -2.12. The van der Waals surface area contributed by atoms with Gasteiger partial charge in [-0.25, -0.2) is 4.68 Å². The number of hydrogen-bond acceptors (Lipinski definition) is 3. The molecule has 0 aliphatic rings. The first-order chi connectivity index (χ1) is 14.0. The van der Waals surface area contributed by atoms with Crippen LogP contribution in [0.5, 0.6) is 11.5 Å². The minimum absolute atomic E-state index is 0.187. The largest absolute Gasteiger partial charge is 0.508 e. The first-order valence-corrected chi connectivity index (χ1v) is 9.90. The number of halogens is 2. The van der Waals surface area contributed by atoms with E-state index in [0.717, 1.165) is 28.1 Å². The van der Waals surface area contributed by atoms with Crippen molar-refractivity contribution in [1.29, 1.82) is 0 Å². The van der Waals surface area contributed by atoms with Crippen molar-refractivity contribution < 1.29 is 10.2 Å². The van der Waals surface area contributed by atoms with Crippen molar-refractivity contribution in [2.45, 2.75) is 13.3 Å². The van der Waals surface area contributed by atoms with E-state index >= 15 is 0 Å². The lowest BCUT2D eigenvalue weighted by atomic mass is 9.99. The Kier molecular flexibility index (Phi) is 5.22. The van der Waals surface area contributed by atoms with Crippen molar-refractivity contribution in [3.05, 3.63) is 82.3 Å². The quantitative estimate of drug-likeness (QED) is 0.393. The number of benzene rings is 3. The van der Waals surface area contributed by atoms with Gasteiger partial charge in [-0.15, -0.1) is 0 Å². The van der Waals surface area contributed by atoms with Gasteiger partial charge < -0.3 is 10.2 Å². The topological polar surface area (TPSA) is 58.3 Å². The summed E-state index contributed by atoms with van der Waals surface area (Å²) in [5.74, 6) is 0.381. The molecular formula is C23H18Cl2N2O2. The van der Waals surface area contributed by atoms with Crippen LogP contribution < -0.4 is 0 Å². The molecule has 0 aliphatic heterocycles. The average molecular weight is 425 g/mol. The van der Waals surface area contributed by atoms with Gasteiger partial charge in [0.25, 0.3) is 0 Å². The van der Waals surface area contributed by atoms with Crippen LogP contribution in [-0.4, -0.2) is 20.0 Å². The monoisotopic (exact) mass is 424 g/mol. The molecule has 6 heteroatoms. The summed E-state index contributed by atoms with van der Waals surface area (Å²) in [5.41, 5.74) is 5.00. The van der Waals surface area contributed by atoms with Crippen LogP contribution in [0.4, 0.5) is 0 Å². The van der Waals surface area contributed by atoms with Crippen LogP contribution in [0.2, 0.25) is 10.0 Å². The number of aromatic hydroxyl groups is 2. The minimum Gasteiger partial charge on any atom is -0.508 e. The van der Waals surface area contributed by atoms with E-state index < -0.39 is 0 Å². The number of nitrogens with zero attached hydrogens (tertiary/aromatic N) is 2. The molecule has 4 rings (SSSR count). The van der Waals surface area contributed by atoms with Gasteiger partial charge >= 0.3 is 0 Å². The highest BCUT2D eigenvalue weighted by atomic mass is 35.5. The van der Waals surface area contributed by atoms with Crippen molar-refractivity contribution in [2.24, 2.45) is 0 Å². The van der Waals surface area contributed by atoms with E-state index in [2.05, 4.69) is 6.92 Å². The SMILES string of the molecule is CCc1c(-c2ccc(O)cc2)nn(-c2c(Cl)cccc2Cl)c1-c1ccc(O)cc1. The zero-order chi connectivity index (χ0) is 20.5. The van der Waals surface area contributed by atoms with Crippen LogP contribution in [0.1, 0.15) is 12.5 Å². The summed E-state index contributed by atoms with van der Waals surface area (Å²) >= 11 is 13.0. The van der Waals surface area contributed by atoms with Gasteiger partial charge in [-0.1, -0.05) is 36.2 Å². The van der Waals surface area contributed by atoms with Crippen LogP contribution in [-0.2, 0) is 6.42 Å². The molecule has 0 atom stereocenters. The molecule has 1 aromatic heterocycles. The maximum atomic E-state index is 9.73. The molecule has 0 amide bonds. The fourth-order valence-corrected chi connectivity index (χ4v) is 3.96. The van der Waals surface area contributed by atoms with E-state index in [0.29, 0.717) is 22.2 Å². The summed E-state index contributed by atoms with van der Waals surface area (Å²) in [6.45, 7) is 2.06. The predicted octanol–water partition coefficient (Wildman–Crippen LogP) is 6.49. The van der Waals surface area contributed by atoms with E-state index in [-0.39, 0.29) is 11.5 Å². The van der Waals surface area contributed by atoms with Crippen LogP contribution in [0, 0.1) is 0 Å². The zero-order valence-electron chi connectivity index (χ0n) is 15.6. The second-order valence-corrected chi connectivity index (χ2v) is 7.42. The first kappa shape index (κ1) is 19.4. The standard InChI is InChI=1S/C23H18Cl2N2O2/c1-2-18-21(14-6-10-16(28)11-7-14)26-27(23-19(24)4-3-5-20(23)25)22(18)15-8-12-17(29)13-9-15/h3-13,28-29H,2H2,1H3. The third-order valence-electron chi connectivity index (χ3n) is 4.77. The molecule has 2 N–H and O–H groups in total. The molecule has 4 aromatic rings. The van der Waals surface area contributed by atoms with Crippen LogP contribution in [0.3, 0.4) is 0 Å². The number of rotatable bonds is 4. The fraction of sp³-hybridized carbons (Fsp3) is 0.0870. The summed E-state index contributed by atoms with van der Waals surface area (Å²) in [7, 11) is 0. The molecule has 0 radical (unpaired) electrons. The highest BCUT2D eigenvalue weighted by Crippen LogP contribution is 2.39. The molecule has 146 valence electrons. The van der Waals surface area contributed by atoms with Gasteiger partial charge in [0, 0.05) is 16.7 Å². The van der Waals surface area contributed by atoms with Crippen LogP contribution >= 0.6 is 23.2 Å². The van der Waals surface area contributed by atoms with E-state index in [9.17, 15) is 10.2 Å². The normalized spacial score (nSPS) is 11.0. The van der Waals surface area contributed by atoms with Gasteiger partial charge in [0.1, 0.15) is 17.2 Å². The van der Waals surface area contributed by atoms with Gasteiger partial charge in [-0.05, 0) is 67.1 Å². The Morgan fingerprint density at radius 2 is 1.31 bits per heavy atom. The Morgan fingerprint density at radius 1 is 0.793 bits per heavy atom. The number of para-hydroxylation sites is 1. The molecule has 0 aliphatic carbocycles. The number of phenols is 2. The van der Waals surface area contributed by atoms with Gasteiger partial charge in [-0.2, -0.15) is 5.10 Å². The smallest absolute Gasteiger partial charge is 0.115 e. The fourth-order valence-electron chi connectivity index (χ4n) is 3.41. The van der Waals surface area contributed by atoms with Crippen LogP contribution in [0.25, 0.3) is 28.2 Å². The van der Waals surface area contributed by atoms with Crippen molar-refractivity contribution >= 4 is 23.2 Å². The summed E-state index contributed by atoms with van der Waals surface area (Å²) in [4.78, 5) is 0. The van der Waals surface area contributed by atoms with Crippen molar-refractivity contribution in [3.63, 3.8) is 0 Å². The van der Waals surface area contributed by atoms with Crippen LogP contribution in [0.15, 0.2) is 66.7 Å². The molecule has 4 nitrogen and oxygen atoms in total. The molecular weight excluding hydrogens is 407 g/mol. The third-order valence-corrected chi connectivity index (χ3v) is 5.38. The average Bonchev–Trinajstić information content (AvgIpc) is 3.08. The third kappa shape index (κ3) is 3.57. The number of aromatic nitrogens is 2. The van der Waals surface area contributed by atoms with Crippen molar-refractivity contribution in [1.82, 2.24) is 9.78 Å². The van der Waals surface area contributed by atoms with E-state index in [4.69, 9.17) is 28.3 Å². The molecule has 0 saturated carbocycles. The van der Waals surface area contributed by atoms with Gasteiger partial charge in [-0.3, -0.25) is 0 Å². The Balaban J connectivity index is 2.05. The Hall–Kier alpha value is -2.95. The van der Waals surface area contributed by atoms with Crippen molar-refractivity contribution in [2.75, 3.05) is 0 Å². The summed E-state index contributed by atoms with van der Waals surface area (Å²) in [6.07, 6.45) is 0.717. The summed E-state index contributed by atoms with van der Waals surface area (Å²) < 4.78 is 1.76. The zero-order valence-corrected chi connectivity index (χ0v) is 17.1. The Labute approximate surface area is 178 Å². The molecule has 29 heavy (non-hydrogen) atoms.